The predicted octanol–water partition coefficient (Wildman–Crippen LogP) is -0.701. The number of aromatic nitrogens is 2. The zero-order valence-corrected chi connectivity index (χ0v) is 12.8. The van der Waals surface area contributed by atoms with Gasteiger partial charge in [0.1, 0.15) is 4.90 Å². The number of aryl methyl sites for hydroxylation is 1. The van der Waals surface area contributed by atoms with Gasteiger partial charge in [0.2, 0.25) is 10.0 Å². The summed E-state index contributed by atoms with van der Waals surface area (Å²) in [4.78, 5) is 2.18. The molecule has 1 heterocycles. The minimum Gasteiger partial charge on any atom is -0.329 e. The van der Waals surface area contributed by atoms with Crippen LogP contribution in [0.15, 0.2) is 4.90 Å². The van der Waals surface area contributed by atoms with Crippen molar-refractivity contribution < 1.29 is 8.42 Å². The van der Waals surface area contributed by atoms with Gasteiger partial charge in [-0.2, -0.15) is 5.10 Å². The van der Waals surface area contributed by atoms with Gasteiger partial charge in [-0.3, -0.25) is 4.68 Å². The second kappa shape index (κ2) is 6.47. The van der Waals surface area contributed by atoms with E-state index in [1.54, 1.807) is 18.5 Å². The van der Waals surface area contributed by atoms with Gasteiger partial charge in [-0.05, 0) is 27.9 Å². The van der Waals surface area contributed by atoms with E-state index in [1.165, 1.54) is 0 Å². The fraction of sp³-hybridized carbons (Fsp3) is 0.727. The van der Waals surface area contributed by atoms with Crippen molar-refractivity contribution in [3.8, 4) is 0 Å². The molecule has 0 aliphatic rings. The molecule has 0 saturated heterocycles. The second-order valence-electron chi connectivity index (χ2n) is 4.71. The monoisotopic (exact) mass is 289 g/mol. The lowest BCUT2D eigenvalue weighted by molar-refractivity contribution is 0.412. The lowest BCUT2D eigenvalue weighted by Gasteiger charge is -2.11. The van der Waals surface area contributed by atoms with Gasteiger partial charge < -0.3 is 10.6 Å². The van der Waals surface area contributed by atoms with E-state index >= 15 is 0 Å². The highest BCUT2D eigenvalue weighted by Gasteiger charge is 2.23. The Morgan fingerprint density at radius 1 is 1.37 bits per heavy atom. The highest BCUT2D eigenvalue weighted by atomic mass is 32.2. The molecule has 0 aliphatic carbocycles. The fourth-order valence-corrected chi connectivity index (χ4v) is 3.31. The summed E-state index contributed by atoms with van der Waals surface area (Å²) in [5, 5.41) is 4.22. The summed E-state index contributed by atoms with van der Waals surface area (Å²) in [5.74, 6) is 0. The van der Waals surface area contributed by atoms with Gasteiger partial charge in [0.25, 0.3) is 0 Å². The molecule has 0 aromatic carbocycles. The van der Waals surface area contributed by atoms with E-state index in [0.29, 0.717) is 37.6 Å². The van der Waals surface area contributed by atoms with Crippen molar-refractivity contribution in [2.75, 3.05) is 33.7 Å². The van der Waals surface area contributed by atoms with Gasteiger partial charge in [0.05, 0.1) is 17.9 Å². The molecule has 0 unspecified atom stereocenters. The van der Waals surface area contributed by atoms with Crippen LogP contribution >= 0.6 is 0 Å². The van der Waals surface area contributed by atoms with Crippen molar-refractivity contribution in [3.63, 3.8) is 0 Å². The first kappa shape index (κ1) is 16.1. The number of rotatable bonds is 7. The number of nitrogens with two attached hydrogens (primary N) is 1. The van der Waals surface area contributed by atoms with Crippen molar-refractivity contribution in [1.29, 1.82) is 0 Å². The Morgan fingerprint density at radius 2 is 2.00 bits per heavy atom. The van der Waals surface area contributed by atoms with Crippen LogP contribution in [0, 0.1) is 13.8 Å². The highest BCUT2D eigenvalue weighted by molar-refractivity contribution is 7.89. The Labute approximate surface area is 114 Å². The lowest BCUT2D eigenvalue weighted by atomic mass is 10.4. The molecule has 0 atom stereocenters. The van der Waals surface area contributed by atoms with Crippen LogP contribution in [-0.4, -0.2) is 56.8 Å². The maximum absolute atomic E-state index is 12.3. The quantitative estimate of drug-likeness (QED) is 0.692. The van der Waals surface area contributed by atoms with E-state index in [1.807, 2.05) is 19.0 Å². The van der Waals surface area contributed by atoms with Crippen molar-refractivity contribution >= 4 is 10.0 Å². The summed E-state index contributed by atoms with van der Waals surface area (Å²) in [6, 6.07) is 0. The Morgan fingerprint density at radius 3 is 2.53 bits per heavy atom. The topological polar surface area (TPSA) is 93.2 Å². The molecule has 1 rings (SSSR count). The van der Waals surface area contributed by atoms with Gasteiger partial charge >= 0.3 is 0 Å². The van der Waals surface area contributed by atoms with Gasteiger partial charge in [-0.15, -0.1) is 0 Å². The molecule has 0 saturated carbocycles. The number of hydrogen-bond acceptors (Lipinski definition) is 5. The van der Waals surface area contributed by atoms with Crippen molar-refractivity contribution in [3.05, 3.63) is 11.4 Å². The zero-order valence-electron chi connectivity index (χ0n) is 12.0. The number of nitrogens with one attached hydrogen (secondary N) is 1. The van der Waals surface area contributed by atoms with Crippen molar-refractivity contribution in [2.45, 2.75) is 25.3 Å². The van der Waals surface area contributed by atoms with E-state index in [0.717, 1.165) is 0 Å². The minimum atomic E-state index is -3.52. The third kappa shape index (κ3) is 4.00. The van der Waals surface area contributed by atoms with Crippen LogP contribution in [0.1, 0.15) is 11.4 Å². The SMILES string of the molecule is Cc1nn(CCN)c(C)c1S(=O)(=O)NCCN(C)C. The van der Waals surface area contributed by atoms with Gasteiger partial charge in [0, 0.05) is 19.6 Å². The molecule has 110 valence electrons. The van der Waals surface area contributed by atoms with Crippen molar-refractivity contribution in [2.24, 2.45) is 5.73 Å². The summed E-state index contributed by atoms with van der Waals surface area (Å²) in [6.45, 7) is 5.40. The van der Waals surface area contributed by atoms with Crippen LogP contribution < -0.4 is 10.5 Å². The molecule has 0 spiro atoms. The Balaban J connectivity index is 2.95. The van der Waals surface area contributed by atoms with Gasteiger partial charge in [-0.1, -0.05) is 0 Å². The standard InChI is InChI=1S/C11H23N5O2S/c1-9-11(10(2)16(14-9)7-5-12)19(17,18)13-6-8-15(3)4/h13H,5-8,12H2,1-4H3. The first-order valence-electron chi connectivity index (χ1n) is 6.18. The Hall–Kier alpha value is -0.960. The molecule has 0 bridgehead atoms. The van der Waals surface area contributed by atoms with E-state index in [9.17, 15) is 8.42 Å². The summed E-state index contributed by atoms with van der Waals surface area (Å²) in [7, 11) is 0.270. The summed E-state index contributed by atoms with van der Waals surface area (Å²) in [5.41, 5.74) is 6.61. The van der Waals surface area contributed by atoms with Gasteiger partial charge in [-0.25, -0.2) is 13.1 Å². The fourth-order valence-electron chi connectivity index (χ4n) is 1.89. The molecule has 0 radical (unpaired) electrons. The summed E-state index contributed by atoms with van der Waals surface area (Å²) in [6.07, 6.45) is 0. The zero-order chi connectivity index (χ0) is 14.6. The first-order chi connectivity index (χ1) is 8.79. The molecule has 1 aromatic rings. The third-order valence-corrected chi connectivity index (χ3v) is 4.49. The van der Waals surface area contributed by atoms with E-state index in [4.69, 9.17) is 5.73 Å². The van der Waals surface area contributed by atoms with Crippen LogP contribution in [0.3, 0.4) is 0 Å². The van der Waals surface area contributed by atoms with Crippen LogP contribution in [0.25, 0.3) is 0 Å². The molecule has 19 heavy (non-hydrogen) atoms. The van der Waals surface area contributed by atoms with Crippen LogP contribution in [0.5, 0.6) is 0 Å². The molecule has 1 aromatic heterocycles. The Kier molecular flexibility index (Phi) is 5.48. The normalized spacial score (nSPS) is 12.3. The molecule has 0 aliphatic heterocycles. The smallest absolute Gasteiger partial charge is 0.244 e. The molecule has 8 heteroatoms. The Bertz CT molecular complexity index is 521. The molecular weight excluding hydrogens is 266 g/mol. The molecule has 3 N–H and O–H groups in total. The predicted molar refractivity (Wildman–Crippen MR) is 74.5 cm³/mol. The van der Waals surface area contributed by atoms with E-state index < -0.39 is 10.0 Å². The van der Waals surface area contributed by atoms with Crippen LogP contribution in [0.2, 0.25) is 0 Å². The van der Waals surface area contributed by atoms with Crippen LogP contribution in [-0.2, 0) is 16.6 Å². The van der Waals surface area contributed by atoms with Gasteiger partial charge in [0.15, 0.2) is 0 Å². The number of hydrogen-bond donors (Lipinski definition) is 2. The summed E-state index contributed by atoms with van der Waals surface area (Å²) >= 11 is 0. The largest absolute Gasteiger partial charge is 0.329 e. The molecule has 0 amide bonds. The van der Waals surface area contributed by atoms with E-state index in [-0.39, 0.29) is 4.90 Å². The minimum absolute atomic E-state index is 0.264. The summed E-state index contributed by atoms with van der Waals surface area (Å²) < 4.78 is 28.7. The highest BCUT2D eigenvalue weighted by Crippen LogP contribution is 2.18. The third-order valence-electron chi connectivity index (χ3n) is 2.78. The molecular formula is C11H23N5O2S. The number of nitrogens with zero attached hydrogens (tertiary/aromatic N) is 3. The average Bonchev–Trinajstić information content (AvgIpc) is 2.54. The second-order valence-corrected chi connectivity index (χ2v) is 6.42. The first-order valence-corrected chi connectivity index (χ1v) is 7.66. The van der Waals surface area contributed by atoms with Crippen molar-refractivity contribution in [1.82, 2.24) is 19.4 Å². The van der Waals surface area contributed by atoms with Crippen LogP contribution in [0.4, 0.5) is 0 Å². The number of sulfonamides is 1. The number of likely N-dealkylation sites (N-methyl/N-ethyl adjacent to an activating group) is 1. The maximum atomic E-state index is 12.3. The molecule has 7 nitrogen and oxygen atoms in total. The lowest BCUT2D eigenvalue weighted by Crippen LogP contribution is -2.32. The maximum Gasteiger partial charge on any atom is 0.244 e. The average molecular weight is 289 g/mol. The van der Waals surface area contributed by atoms with E-state index in [2.05, 4.69) is 9.82 Å². The molecule has 0 fully saturated rings.